The third kappa shape index (κ3) is 1.75. The Morgan fingerprint density at radius 3 is 3.07 bits per heavy atom. The summed E-state index contributed by atoms with van der Waals surface area (Å²) in [7, 11) is 0. The van der Waals surface area contributed by atoms with Crippen LogP contribution in [0.1, 0.15) is 13.3 Å². The topological polar surface area (TPSA) is 67.8 Å². The van der Waals surface area contributed by atoms with Gasteiger partial charge in [0.1, 0.15) is 6.04 Å². The summed E-state index contributed by atoms with van der Waals surface area (Å²) in [6.07, 6.45) is 0.676. The maximum atomic E-state index is 10.9. The minimum atomic E-state index is -0.860. The monoisotopic (exact) mass is 201 g/mol. The second-order valence-corrected chi connectivity index (χ2v) is 3.83. The molecule has 80 valence electrons. The minimum Gasteiger partial charge on any atom is -0.480 e. The van der Waals surface area contributed by atoms with E-state index in [4.69, 9.17) is 14.6 Å². The number of nitrogens with one attached hydrogen (secondary N) is 1. The summed E-state index contributed by atoms with van der Waals surface area (Å²) in [5.74, 6) is -0.860. The van der Waals surface area contributed by atoms with Crippen molar-refractivity contribution in [2.75, 3.05) is 13.2 Å². The number of hydrogen-bond donors (Lipinski definition) is 2. The average Bonchev–Trinajstić information content (AvgIpc) is 2.16. The van der Waals surface area contributed by atoms with Gasteiger partial charge in [0.15, 0.2) is 0 Å². The van der Waals surface area contributed by atoms with Crippen LogP contribution in [0.2, 0.25) is 0 Å². The van der Waals surface area contributed by atoms with Crippen molar-refractivity contribution in [1.29, 1.82) is 0 Å². The average molecular weight is 201 g/mol. The molecule has 0 radical (unpaired) electrons. The first-order valence-corrected chi connectivity index (χ1v) is 4.90. The van der Waals surface area contributed by atoms with Crippen molar-refractivity contribution in [3.8, 4) is 0 Å². The molecule has 2 aliphatic rings. The maximum absolute atomic E-state index is 10.9. The van der Waals surface area contributed by atoms with Crippen LogP contribution in [0.25, 0.3) is 0 Å². The summed E-state index contributed by atoms with van der Waals surface area (Å²) in [6, 6.07) is -0.584. The Kier molecular flexibility index (Phi) is 2.71. The van der Waals surface area contributed by atoms with E-state index in [9.17, 15) is 4.79 Å². The van der Waals surface area contributed by atoms with Gasteiger partial charge in [-0.2, -0.15) is 0 Å². The molecular weight excluding hydrogens is 186 g/mol. The Labute approximate surface area is 82.4 Å². The van der Waals surface area contributed by atoms with Gasteiger partial charge in [-0.3, -0.25) is 10.1 Å². The Morgan fingerprint density at radius 2 is 2.36 bits per heavy atom. The molecule has 4 atom stereocenters. The molecule has 0 aromatic carbocycles. The van der Waals surface area contributed by atoms with Gasteiger partial charge in [-0.05, 0) is 13.3 Å². The van der Waals surface area contributed by atoms with E-state index >= 15 is 0 Å². The van der Waals surface area contributed by atoms with Gasteiger partial charge in [-0.25, -0.2) is 0 Å². The van der Waals surface area contributed by atoms with Crippen LogP contribution < -0.4 is 5.32 Å². The van der Waals surface area contributed by atoms with Crippen LogP contribution in [0.4, 0.5) is 0 Å². The molecule has 2 N–H and O–H groups in total. The lowest BCUT2D eigenvalue weighted by Gasteiger charge is -2.42. The van der Waals surface area contributed by atoms with Crippen molar-refractivity contribution < 1.29 is 19.4 Å². The molecule has 0 bridgehead atoms. The van der Waals surface area contributed by atoms with E-state index in [1.807, 2.05) is 0 Å². The largest absolute Gasteiger partial charge is 0.480 e. The number of morpholine rings is 1. The maximum Gasteiger partial charge on any atom is 0.323 e. The zero-order valence-electron chi connectivity index (χ0n) is 8.10. The van der Waals surface area contributed by atoms with Crippen LogP contribution in [0.15, 0.2) is 0 Å². The number of carbonyl (C=O) groups is 1. The summed E-state index contributed by atoms with van der Waals surface area (Å²) >= 11 is 0. The molecule has 0 saturated carbocycles. The van der Waals surface area contributed by atoms with Gasteiger partial charge in [0.2, 0.25) is 0 Å². The molecule has 0 amide bonds. The predicted molar refractivity (Wildman–Crippen MR) is 48.1 cm³/mol. The lowest BCUT2D eigenvalue weighted by atomic mass is 10.00. The highest BCUT2D eigenvalue weighted by Gasteiger charge is 2.40. The number of fused-ring (bicyclic) bond motifs is 1. The van der Waals surface area contributed by atoms with Crippen molar-refractivity contribution in [2.24, 2.45) is 0 Å². The highest BCUT2D eigenvalue weighted by molar-refractivity contribution is 5.74. The van der Waals surface area contributed by atoms with Crippen molar-refractivity contribution >= 4 is 5.97 Å². The van der Waals surface area contributed by atoms with Gasteiger partial charge in [0.25, 0.3) is 0 Å². The highest BCUT2D eigenvalue weighted by atomic mass is 16.5. The molecule has 0 aromatic rings. The zero-order chi connectivity index (χ0) is 10.1. The molecule has 0 spiro atoms. The van der Waals surface area contributed by atoms with Crippen LogP contribution in [-0.2, 0) is 14.3 Å². The first kappa shape index (κ1) is 9.89. The Morgan fingerprint density at radius 1 is 1.57 bits per heavy atom. The molecule has 0 aliphatic carbocycles. The minimum absolute atomic E-state index is 0.0287. The normalized spacial score (nSPS) is 42.9. The number of ether oxygens (including phenoxy) is 2. The van der Waals surface area contributed by atoms with E-state index in [-0.39, 0.29) is 18.2 Å². The van der Waals surface area contributed by atoms with Gasteiger partial charge in [-0.15, -0.1) is 0 Å². The van der Waals surface area contributed by atoms with Crippen LogP contribution in [-0.4, -0.2) is 48.6 Å². The first-order chi connectivity index (χ1) is 6.68. The summed E-state index contributed by atoms with van der Waals surface area (Å²) in [4.78, 5) is 10.9. The molecule has 4 unspecified atom stereocenters. The zero-order valence-corrected chi connectivity index (χ0v) is 8.10. The second-order valence-electron chi connectivity index (χ2n) is 3.83. The fourth-order valence-electron chi connectivity index (χ4n) is 2.03. The second kappa shape index (κ2) is 3.84. The molecule has 0 aromatic heterocycles. The summed E-state index contributed by atoms with van der Waals surface area (Å²) < 4.78 is 10.9. The van der Waals surface area contributed by atoms with Crippen LogP contribution in [0.5, 0.6) is 0 Å². The molecule has 5 nitrogen and oxygen atoms in total. The number of carboxylic acids is 1. The predicted octanol–water partition coefficient (Wildman–Crippen LogP) is -0.395. The van der Waals surface area contributed by atoms with E-state index < -0.39 is 12.0 Å². The van der Waals surface area contributed by atoms with Crippen molar-refractivity contribution in [3.63, 3.8) is 0 Å². The SMILES string of the molecule is CC1OC2CCOCC2NC1C(=O)O. The molecule has 2 fully saturated rings. The molecule has 2 aliphatic heterocycles. The van der Waals surface area contributed by atoms with Crippen molar-refractivity contribution in [1.82, 2.24) is 5.32 Å². The van der Waals surface area contributed by atoms with Gasteiger partial charge < -0.3 is 14.6 Å². The third-order valence-electron chi connectivity index (χ3n) is 2.81. The fourth-order valence-corrected chi connectivity index (χ4v) is 2.03. The molecule has 2 heterocycles. The van der Waals surface area contributed by atoms with Crippen molar-refractivity contribution in [3.05, 3.63) is 0 Å². The van der Waals surface area contributed by atoms with Gasteiger partial charge in [0, 0.05) is 6.61 Å². The van der Waals surface area contributed by atoms with Crippen LogP contribution in [0.3, 0.4) is 0 Å². The Bertz CT molecular complexity index is 233. The lowest BCUT2D eigenvalue weighted by molar-refractivity contribution is -0.161. The third-order valence-corrected chi connectivity index (χ3v) is 2.81. The molecule has 2 rings (SSSR count). The molecule has 5 heteroatoms. The highest BCUT2D eigenvalue weighted by Crippen LogP contribution is 2.20. The standard InChI is InChI=1S/C9H15NO4/c1-5-8(9(11)12)10-6-4-13-3-2-7(6)14-5/h5-8,10H,2-4H2,1H3,(H,11,12). The Balaban J connectivity index is 2.03. The van der Waals surface area contributed by atoms with Crippen LogP contribution in [0, 0.1) is 0 Å². The number of hydrogen-bond acceptors (Lipinski definition) is 4. The molecular formula is C9H15NO4. The van der Waals surface area contributed by atoms with Gasteiger partial charge >= 0.3 is 5.97 Å². The van der Waals surface area contributed by atoms with Crippen LogP contribution >= 0.6 is 0 Å². The first-order valence-electron chi connectivity index (χ1n) is 4.90. The van der Waals surface area contributed by atoms with Gasteiger partial charge in [0.05, 0.1) is 24.9 Å². The van der Waals surface area contributed by atoms with E-state index in [1.54, 1.807) is 6.92 Å². The van der Waals surface area contributed by atoms with E-state index in [1.165, 1.54) is 0 Å². The smallest absolute Gasteiger partial charge is 0.323 e. The lowest BCUT2D eigenvalue weighted by Crippen LogP contribution is -2.63. The quantitative estimate of drug-likeness (QED) is 0.604. The summed E-state index contributed by atoms with van der Waals surface area (Å²) in [6.45, 7) is 3.03. The van der Waals surface area contributed by atoms with Crippen molar-refractivity contribution in [2.45, 2.75) is 37.6 Å². The fraction of sp³-hybridized carbons (Fsp3) is 0.889. The Hall–Kier alpha value is -0.650. The molecule has 14 heavy (non-hydrogen) atoms. The van der Waals surface area contributed by atoms with E-state index in [2.05, 4.69) is 5.32 Å². The number of aliphatic carboxylic acids is 1. The van der Waals surface area contributed by atoms with E-state index in [0.29, 0.717) is 13.2 Å². The van der Waals surface area contributed by atoms with E-state index in [0.717, 1.165) is 6.42 Å². The summed E-state index contributed by atoms with van der Waals surface area (Å²) in [5, 5.41) is 12.0. The number of rotatable bonds is 1. The number of carboxylic acid groups (broad SMARTS) is 1. The van der Waals surface area contributed by atoms with Gasteiger partial charge in [-0.1, -0.05) is 0 Å². The molecule has 2 saturated heterocycles. The summed E-state index contributed by atoms with van der Waals surface area (Å²) in [5.41, 5.74) is 0.